The van der Waals surface area contributed by atoms with E-state index in [0.717, 1.165) is 44.4 Å². The van der Waals surface area contributed by atoms with E-state index in [2.05, 4.69) is 9.08 Å². The molecule has 0 N–H and O–H groups in total. The molecule has 1 aromatic rings. The molecule has 3 rings (SSSR count). The number of hydrogen-bond acceptors (Lipinski definition) is 5. The number of alkyl halides is 3. The van der Waals surface area contributed by atoms with Crippen LogP contribution in [0.2, 0.25) is 0 Å². The summed E-state index contributed by atoms with van der Waals surface area (Å²) in [6.45, 7) is 2.99. The van der Waals surface area contributed by atoms with Crippen LogP contribution in [0.1, 0.15) is 38.2 Å². The van der Waals surface area contributed by atoms with Gasteiger partial charge in [0.15, 0.2) is 11.6 Å². The zero-order valence-corrected chi connectivity index (χ0v) is 15.6. The summed E-state index contributed by atoms with van der Waals surface area (Å²) in [6.07, 6.45) is 4.21. The molecule has 0 bridgehead atoms. The third-order valence-electron chi connectivity index (χ3n) is 5.01. The maximum Gasteiger partial charge on any atom is 0.534 e. The molecule has 1 saturated carbocycles. The number of hydrogen-bond donors (Lipinski definition) is 0. The second-order valence-corrected chi connectivity index (χ2v) is 8.37. The van der Waals surface area contributed by atoms with E-state index >= 15 is 0 Å². The van der Waals surface area contributed by atoms with Crippen molar-refractivity contribution in [3.8, 4) is 11.5 Å². The smallest absolute Gasteiger partial charge is 0.488 e. The Labute approximate surface area is 155 Å². The summed E-state index contributed by atoms with van der Waals surface area (Å²) < 4.78 is 84.6. The molecule has 0 unspecified atom stereocenters. The molecule has 1 heterocycles. The van der Waals surface area contributed by atoms with Crippen molar-refractivity contribution < 1.29 is 34.9 Å². The highest BCUT2D eigenvalue weighted by Crippen LogP contribution is 2.40. The van der Waals surface area contributed by atoms with Crippen LogP contribution in [0, 0.1) is 5.82 Å². The zero-order chi connectivity index (χ0) is 19.8. The predicted molar refractivity (Wildman–Crippen MR) is 89.6 cm³/mol. The zero-order valence-electron chi connectivity index (χ0n) is 14.8. The third-order valence-corrected chi connectivity index (χ3v) is 5.97. The Morgan fingerprint density at radius 2 is 1.96 bits per heavy atom. The van der Waals surface area contributed by atoms with Crippen molar-refractivity contribution in [3.05, 3.63) is 23.5 Å². The van der Waals surface area contributed by atoms with E-state index in [4.69, 9.17) is 4.74 Å². The van der Waals surface area contributed by atoms with Crippen LogP contribution in [0.3, 0.4) is 0 Å². The first-order chi connectivity index (χ1) is 12.6. The lowest BCUT2D eigenvalue weighted by molar-refractivity contribution is -0.0500. The van der Waals surface area contributed by atoms with Gasteiger partial charge in [-0.15, -0.1) is 0 Å². The molecule has 2 aliphatic rings. The topological polar surface area (TPSA) is 55.8 Å². The highest BCUT2D eigenvalue weighted by molar-refractivity contribution is 7.88. The predicted octanol–water partition coefficient (Wildman–Crippen LogP) is 3.62. The normalized spacial score (nSPS) is 20.7. The van der Waals surface area contributed by atoms with E-state index < -0.39 is 27.2 Å². The minimum atomic E-state index is -5.85. The average molecular weight is 411 g/mol. The largest absolute Gasteiger partial charge is 0.534 e. The van der Waals surface area contributed by atoms with E-state index in [1.54, 1.807) is 0 Å². The van der Waals surface area contributed by atoms with Crippen LogP contribution >= 0.6 is 0 Å². The minimum Gasteiger partial charge on any atom is -0.488 e. The van der Waals surface area contributed by atoms with Crippen LogP contribution < -0.4 is 8.92 Å². The minimum absolute atomic E-state index is 0.0134. The van der Waals surface area contributed by atoms with Crippen molar-refractivity contribution in [2.24, 2.45) is 0 Å². The molecule has 0 amide bonds. The molecule has 0 spiro atoms. The van der Waals surface area contributed by atoms with E-state index in [0.29, 0.717) is 6.04 Å². The molecular formula is C17H21F4NO4S. The van der Waals surface area contributed by atoms with E-state index in [1.807, 2.05) is 6.92 Å². The van der Waals surface area contributed by atoms with Crippen LogP contribution in [0.15, 0.2) is 12.1 Å². The molecule has 0 radical (unpaired) electrons. The number of rotatable bonds is 6. The molecule has 1 atom stereocenters. The fourth-order valence-corrected chi connectivity index (χ4v) is 3.99. The molecule has 10 heteroatoms. The van der Waals surface area contributed by atoms with Crippen molar-refractivity contribution in [2.75, 3.05) is 13.2 Å². The van der Waals surface area contributed by atoms with Gasteiger partial charge in [-0.05, 0) is 44.4 Å². The second-order valence-electron chi connectivity index (χ2n) is 6.83. The third kappa shape index (κ3) is 4.01. The van der Waals surface area contributed by atoms with Crippen LogP contribution in [0.25, 0.3) is 0 Å². The number of nitrogens with zero attached hydrogens (tertiary/aromatic N) is 1. The summed E-state index contributed by atoms with van der Waals surface area (Å²) in [5.41, 5.74) is -5.55. The maximum absolute atomic E-state index is 14.1. The monoisotopic (exact) mass is 411 g/mol. The fraction of sp³-hybridized carbons (Fsp3) is 0.647. The lowest BCUT2D eigenvalue weighted by Gasteiger charge is -2.44. The van der Waals surface area contributed by atoms with Crippen molar-refractivity contribution in [2.45, 2.75) is 56.6 Å². The van der Waals surface area contributed by atoms with Gasteiger partial charge >= 0.3 is 15.6 Å². The molecule has 152 valence electrons. The molecule has 0 saturated heterocycles. The Balaban J connectivity index is 1.90. The summed E-state index contributed by atoms with van der Waals surface area (Å²) in [5.74, 6) is -1.55. The second kappa shape index (κ2) is 7.46. The Morgan fingerprint density at radius 3 is 2.52 bits per heavy atom. The number of halogens is 4. The summed E-state index contributed by atoms with van der Waals surface area (Å²) in [5, 5.41) is 0. The van der Waals surface area contributed by atoms with Crippen LogP contribution in [-0.2, 0) is 16.5 Å². The van der Waals surface area contributed by atoms with E-state index in [-0.39, 0.29) is 30.4 Å². The van der Waals surface area contributed by atoms with Gasteiger partial charge in [0.2, 0.25) is 0 Å². The van der Waals surface area contributed by atoms with Gasteiger partial charge in [0.05, 0.1) is 0 Å². The molecular weight excluding hydrogens is 390 g/mol. The lowest BCUT2D eigenvalue weighted by Crippen LogP contribution is -2.51. The van der Waals surface area contributed by atoms with Crippen LogP contribution in [0.4, 0.5) is 17.6 Å². The summed E-state index contributed by atoms with van der Waals surface area (Å²) >= 11 is 0. The number of fused-ring (bicyclic) bond motifs is 1. The first kappa shape index (κ1) is 20.2. The van der Waals surface area contributed by atoms with Gasteiger partial charge in [0.1, 0.15) is 12.4 Å². The SMILES string of the molecule is CCCN(C1CCC1)[C@H]1COc2c(F)ccc(OS(=O)(=O)C(F)(F)F)c2C1. The standard InChI is InChI=1S/C17H21F4NO4S/c1-2-8-22(11-4-3-5-11)12-9-13-15(26-27(23,24)17(19,20)21)7-6-14(18)16(13)25-10-12/h6-7,11-12H,2-5,8-10H2,1H3/t12-/m1/s1. The Kier molecular flexibility index (Phi) is 5.58. The molecule has 1 aromatic carbocycles. The highest BCUT2D eigenvalue weighted by Gasteiger charge is 2.49. The Morgan fingerprint density at radius 1 is 1.26 bits per heavy atom. The van der Waals surface area contributed by atoms with Gasteiger partial charge < -0.3 is 8.92 Å². The number of ether oxygens (including phenoxy) is 1. The van der Waals surface area contributed by atoms with Crippen LogP contribution in [-0.4, -0.2) is 44.1 Å². The molecule has 5 nitrogen and oxygen atoms in total. The van der Waals surface area contributed by atoms with Crippen molar-refractivity contribution in [3.63, 3.8) is 0 Å². The summed E-state index contributed by atoms with van der Waals surface area (Å²) in [4.78, 5) is 2.22. The molecule has 27 heavy (non-hydrogen) atoms. The molecule has 0 aromatic heterocycles. The Hall–Kier alpha value is -1.55. The lowest BCUT2D eigenvalue weighted by atomic mass is 9.88. The highest BCUT2D eigenvalue weighted by atomic mass is 32.2. The van der Waals surface area contributed by atoms with Gasteiger partial charge in [-0.1, -0.05) is 13.3 Å². The van der Waals surface area contributed by atoms with Crippen molar-refractivity contribution in [1.82, 2.24) is 4.90 Å². The molecule has 1 fully saturated rings. The number of benzene rings is 1. The van der Waals surface area contributed by atoms with Gasteiger partial charge in [0.25, 0.3) is 0 Å². The summed E-state index contributed by atoms with van der Waals surface area (Å²) in [6, 6.07) is 1.92. The van der Waals surface area contributed by atoms with Gasteiger partial charge in [-0.3, -0.25) is 4.90 Å². The Bertz CT molecular complexity index is 793. The first-order valence-corrected chi connectivity index (χ1v) is 10.3. The first-order valence-electron chi connectivity index (χ1n) is 8.84. The van der Waals surface area contributed by atoms with Gasteiger partial charge in [-0.2, -0.15) is 21.6 Å². The van der Waals surface area contributed by atoms with E-state index in [1.165, 1.54) is 0 Å². The van der Waals surface area contributed by atoms with Gasteiger partial charge in [-0.25, -0.2) is 4.39 Å². The average Bonchev–Trinajstić information content (AvgIpc) is 2.54. The summed E-state index contributed by atoms with van der Waals surface area (Å²) in [7, 11) is -5.85. The molecule has 1 aliphatic heterocycles. The van der Waals surface area contributed by atoms with Gasteiger partial charge in [0, 0.05) is 17.6 Å². The van der Waals surface area contributed by atoms with E-state index in [9.17, 15) is 26.0 Å². The maximum atomic E-state index is 14.1. The molecule has 1 aliphatic carbocycles. The quantitative estimate of drug-likeness (QED) is 0.407. The fourth-order valence-electron chi connectivity index (χ4n) is 3.50. The van der Waals surface area contributed by atoms with Crippen LogP contribution in [0.5, 0.6) is 11.5 Å². The van der Waals surface area contributed by atoms with Crippen molar-refractivity contribution in [1.29, 1.82) is 0 Å². The van der Waals surface area contributed by atoms with Crippen molar-refractivity contribution >= 4 is 10.1 Å².